The Balaban J connectivity index is 2.58. The van der Waals surface area contributed by atoms with Crippen LogP contribution >= 0.6 is 11.6 Å². The minimum Gasteiger partial charge on any atom is -0.258 e. The molecule has 16 heavy (non-hydrogen) atoms. The molecule has 5 nitrogen and oxygen atoms in total. The largest absolute Gasteiger partial charge is 0.275 e. The van der Waals surface area contributed by atoms with Gasteiger partial charge in [-0.2, -0.15) is 4.99 Å². The van der Waals surface area contributed by atoms with Crippen molar-refractivity contribution >= 4 is 23.4 Å². The van der Waals surface area contributed by atoms with E-state index in [1.54, 1.807) is 0 Å². The molecule has 1 aliphatic carbocycles. The van der Waals surface area contributed by atoms with Crippen LogP contribution in [0.3, 0.4) is 0 Å². The lowest BCUT2D eigenvalue weighted by Crippen LogP contribution is -2.06. The smallest absolute Gasteiger partial charge is 0.258 e. The number of rotatable bonds is 3. The van der Waals surface area contributed by atoms with Gasteiger partial charge < -0.3 is 0 Å². The van der Waals surface area contributed by atoms with Crippen LogP contribution in [0.5, 0.6) is 0 Å². The molecular formula is C10H7ClN2O3. The lowest BCUT2D eigenvalue weighted by Gasteiger charge is -2.08. The number of isocyanates is 1. The Labute approximate surface area is 95.9 Å². The molecule has 0 saturated heterocycles. The number of carbonyl (C=O) groups excluding carboxylic acids is 1. The minimum absolute atomic E-state index is 0.0547. The molecule has 0 N–H and O–H groups in total. The van der Waals surface area contributed by atoms with Crippen LogP contribution in [0.2, 0.25) is 5.02 Å². The SMILES string of the molecule is O=C=NC1(c2cc(Cl)ccc2[N+](=O)[O-])CC1. The van der Waals surface area contributed by atoms with E-state index < -0.39 is 10.5 Å². The van der Waals surface area contributed by atoms with E-state index in [2.05, 4.69) is 4.99 Å². The predicted octanol–water partition coefficient (Wildman–Crippen LogP) is 2.57. The highest BCUT2D eigenvalue weighted by molar-refractivity contribution is 6.30. The van der Waals surface area contributed by atoms with Crippen molar-refractivity contribution in [1.29, 1.82) is 0 Å². The number of benzene rings is 1. The normalized spacial score (nSPS) is 16.3. The lowest BCUT2D eigenvalue weighted by atomic mass is 10.0. The molecule has 0 unspecified atom stereocenters. The molecule has 1 fully saturated rings. The molecule has 0 amide bonds. The third kappa shape index (κ3) is 1.71. The summed E-state index contributed by atoms with van der Waals surface area (Å²) in [5.41, 5.74) is -0.427. The van der Waals surface area contributed by atoms with Crippen LogP contribution in [0.1, 0.15) is 18.4 Å². The van der Waals surface area contributed by atoms with Crippen molar-refractivity contribution in [3.8, 4) is 0 Å². The van der Waals surface area contributed by atoms with E-state index in [0.717, 1.165) is 0 Å². The Morgan fingerprint density at radius 1 is 1.50 bits per heavy atom. The van der Waals surface area contributed by atoms with E-state index >= 15 is 0 Å². The van der Waals surface area contributed by atoms with Gasteiger partial charge in [-0.05, 0) is 25.0 Å². The molecule has 0 aromatic heterocycles. The van der Waals surface area contributed by atoms with E-state index in [-0.39, 0.29) is 5.69 Å². The fraction of sp³-hybridized carbons (Fsp3) is 0.300. The highest BCUT2D eigenvalue weighted by Crippen LogP contribution is 2.52. The highest BCUT2D eigenvalue weighted by atomic mass is 35.5. The zero-order chi connectivity index (χ0) is 11.8. The standard InChI is InChI=1S/C10H7ClN2O3/c11-7-1-2-9(13(15)16)8(5-7)10(3-4-10)12-6-14/h1-2,5H,3-4H2. The molecule has 82 valence electrons. The molecule has 1 saturated carbocycles. The van der Waals surface area contributed by atoms with Crippen molar-refractivity contribution in [3.63, 3.8) is 0 Å². The third-order valence-corrected chi connectivity index (χ3v) is 2.88. The number of nitrogens with zero attached hydrogens (tertiary/aromatic N) is 2. The first-order valence-corrected chi connectivity index (χ1v) is 5.00. The van der Waals surface area contributed by atoms with E-state index in [1.165, 1.54) is 24.3 Å². The predicted molar refractivity (Wildman–Crippen MR) is 57.1 cm³/mol. The molecule has 0 heterocycles. The summed E-state index contributed by atoms with van der Waals surface area (Å²) in [7, 11) is 0. The van der Waals surface area contributed by atoms with Gasteiger partial charge in [0.15, 0.2) is 0 Å². The molecule has 0 radical (unpaired) electrons. The average Bonchev–Trinajstić information content (AvgIpc) is 2.99. The van der Waals surface area contributed by atoms with Gasteiger partial charge in [-0.25, -0.2) is 4.79 Å². The molecule has 6 heteroatoms. The first-order valence-electron chi connectivity index (χ1n) is 4.62. The summed E-state index contributed by atoms with van der Waals surface area (Å²) in [5, 5.41) is 11.2. The van der Waals surface area contributed by atoms with Crippen LogP contribution in [0.25, 0.3) is 0 Å². The second-order valence-electron chi connectivity index (χ2n) is 3.65. The summed E-state index contributed by atoms with van der Waals surface area (Å²) in [6.07, 6.45) is 2.69. The second-order valence-corrected chi connectivity index (χ2v) is 4.09. The van der Waals surface area contributed by atoms with E-state index in [1.807, 2.05) is 0 Å². The van der Waals surface area contributed by atoms with Crippen LogP contribution in [0.4, 0.5) is 5.69 Å². The maximum absolute atomic E-state index is 10.8. The zero-order valence-corrected chi connectivity index (χ0v) is 8.90. The molecule has 0 atom stereocenters. The van der Waals surface area contributed by atoms with Crippen LogP contribution in [0, 0.1) is 10.1 Å². The Morgan fingerprint density at radius 2 is 2.19 bits per heavy atom. The minimum atomic E-state index is -0.769. The van der Waals surface area contributed by atoms with Crippen LogP contribution in [0.15, 0.2) is 23.2 Å². The summed E-state index contributed by atoms with van der Waals surface area (Å²) in [6.45, 7) is 0. The quantitative estimate of drug-likeness (QED) is 0.352. The fourth-order valence-electron chi connectivity index (χ4n) is 1.69. The number of nitro groups is 1. The Bertz CT molecular complexity index is 505. The van der Waals surface area contributed by atoms with Gasteiger partial charge in [0.2, 0.25) is 6.08 Å². The van der Waals surface area contributed by atoms with Crippen molar-refractivity contribution in [2.75, 3.05) is 0 Å². The number of hydrogen-bond donors (Lipinski definition) is 0. The lowest BCUT2D eigenvalue weighted by molar-refractivity contribution is -0.385. The number of nitro benzene ring substituents is 1. The van der Waals surface area contributed by atoms with Gasteiger partial charge in [0.1, 0.15) is 5.54 Å². The summed E-state index contributed by atoms with van der Waals surface area (Å²) < 4.78 is 0. The number of halogens is 1. The Kier molecular flexibility index (Phi) is 2.50. The second kappa shape index (κ2) is 3.70. The highest BCUT2D eigenvalue weighted by Gasteiger charge is 2.48. The molecule has 0 aliphatic heterocycles. The molecule has 1 aromatic rings. The fourth-order valence-corrected chi connectivity index (χ4v) is 1.86. The summed E-state index contributed by atoms with van der Waals surface area (Å²) >= 11 is 5.79. The van der Waals surface area contributed by atoms with Crippen molar-refractivity contribution in [1.82, 2.24) is 0 Å². The van der Waals surface area contributed by atoms with Crippen LogP contribution < -0.4 is 0 Å². The number of aliphatic imine (C=N–C) groups is 1. The third-order valence-electron chi connectivity index (χ3n) is 2.64. The van der Waals surface area contributed by atoms with E-state index in [0.29, 0.717) is 23.4 Å². The molecule has 0 bridgehead atoms. The maximum Gasteiger partial charge on any atom is 0.275 e. The van der Waals surface area contributed by atoms with Gasteiger partial charge in [-0.1, -0.05) is 11.6 Å². The van der Waals surface area contributed by atoms with Crippen molar-refractivity contribution < 1.29 is 9.72 Å². The summed E-state index contributed by atoms with van der Waals surface area (Å²) in [4.78, 5) is 24.3. The van der Waals surface area contributed by atoms with Gasteiger partial charge in [0.05, 0.1) is 10.5 Å². The topological polar surface area (TPSA) is 72.6 Å². The van der Waals surface area contributed by atoms with Gasteiger partial charge >= 0.3 is 0 Å². The van der Waals surface area contributed by atoms with Crippen molar-refractivity contribution in [2.45, 2.75) is 18.4 Å². The van der Waals surface area contributed by atoms with E-state index in [9.17, 15) is 14.9 Å². The Hall–Kier alpha value is -1.71. The summed E-state index contributed by atoms with van der Waals surface area (Å²) in [6, 6.07) is 4.27. The van der Waals surface area contributed by atoms with E-state index in [4.69, 9.17) is 11.6 Å². The van der Waals surface area contributed by atoms with Crippen molar-refractivity contribution in [2.24, 2.45) is 4.99 Å². The van der Waals surface area contributed by atoms with Crippen molar-refractivity contribution in [3.05, 3.63) is 38.9 Å². The molecule has 0 spiro atoms. The van der Waals surface area contributed by atoms with Gasteiger partial charge in [-0.15, -0.1) is 0 Å². The summed E-state index contributed by atoms with van der Waals surface area (Å²) in [5.74, 6) is 0. The maximum atomic E-state index is 10.8. The molecular weight excluding hydrogens is 232 g/mol. The monoisotopic (exact) mass is 238 g/mol. The first kappa shape index (κ1) is 10.8. The van der Waals surface area contributed by atoms with Crippen LogP contribution in [-0.4, -0.2) is 11.0 Å². The van der Waals surface area contributed by atoms with Gasteiger partial charge in [0.25, 0.3) is 5.69 Å². The number of hydrogen-bond acceptors (Lipinski definition) is 4. The van der Waals surface area contributed by atoms with Gasteiger partial charge in [0, 0.05) is 11.1 Å². The van der Waals surface area contributed by atoms with Gasteiger partial charge in [-0.3, -0.25) is 10.1 Å². The first-order chi connectivity index (χ1) is 7.59. The average molecular weight is 239 g/mol. The molecule has 2 rings (SSSR count). The Morgan fingerprint density at radius 3 is 2.69 bits per heavy atom. The molecule has 1 aliphatic rings. The van der Waals surface area contributed by atoms with Crippen LogP contribution in [-0.2, 0) is 10.3 Å². The zero-order valence-electron chi connectivity index (χ0n) is 8.14. The molecule has 1 aromatic carbocycles.